The van der Waals surface area contributed by atoms with Crippen LogP contribution < -0.4 is 5.32 Å². The minimum absolute atomic E-state index is 0.0342. The molecule has 0 fully saturated rings. The van der Waals surface area contributed by atoms with Gasteiger partial charge in [0.1, 0.15) is 6.04 Å². The first-order valence-corrected chi connectivity index (χ1v) is 8.19. The summed E-state index contributed by atoms with van der Waals surface area (Å²) < 4.78 is 0. The van der Waals surface area contributed by atoms with Crippen molar-refractivity contribution in [2.24, 2.45) is 0 Å². The van der Waals surface area contributed by atoms with E-state index in [4.69, 9.17) is 11.6 Å². The van der Waals surface area contributed by atoms with E-state index in [0.717, 1.165) is 18.4 Å². The Labute approximate surface area is 137 Å². The van der Waals surface area contributed by atoms with Gasteiger partial charge in [-0.05, 0) is 31.0 Å². The predicted octanol–water partition coefficient (Wildman–Crippen LogP) is 3.38. The predicted molar refractivity (Wildman–Crippen MR) is 89.7 cm³/mol. The Morgan fingerprint density at radius 2 is 1.86 bits per heavy atom. The SMILES string of the molecule is CCCCNC(=O)[C@@H](C)N(Cc1ccc(Cl)cc1)C(=O)CC. The summed E-state index contributed by atoms with van der Waals surface area (Å²) in [4.78, 5) is 26.0. The molecule has 0 saturated heterocycles. The van der Waals surface area contributed by atoms with Crippen LogP contribution in [0.1, 0.15) is 45.6 Å². The molecule has 0 spiro atoms. The normalized spacial score (nSPS) is 11.8. The topological polar surface area (TPSA) is 49.4 Å². The third kappa shape index (κ3) is 5.68. The number of nitrogens with one attached hydrogen (secondary N) is 1. The molecule has 0 aliphatic carbocycles. The van der Waals surface area contributed by atoms with Gasteiger partial charge in [0.15, 0.2) is 0 Å². The highest BCUT2D eigenvalue weighted by Gasteiger charge is 2.24. The smallest absolute Gasteiger partial charge is 0.242 e. The van der Waals surface area contributed by atoms with Crippen LogP contribution in [0.15, 0.2) is 24.3 Å². The summed E-state index contributed by atoms with van der Waals surface area (Å²) >= 11 is 5.88. The lowest BCUT2D eigenvalue weighted by Crippen LogP contribution is -2.47. The highest BCUT2D eigenvalue weighted by atomic mass is 35.5. The maximum Gasteiger partial charge on any atom is 0.242 e. The fourth-order valence-electron chi connectivity index (χ4n) is 2.11. The molecule has 1 aromatic carbocycles. The second-order valence-corrected chi connectivity index (χ2v) is 5.76. The summed E-state index contributed by atoms with van der Waals surface area (Å²) in [5.74, 6) is -0.141. The monoisotopic (exact) mass is 324 g/mol. The van der Waals surface area contributed by atoms with Crippen LogP contribution in [0.2, 0.25) is 5.02 Å². The Hall–Kier alpha value is -1.55. The molecule has 1 aromatic rings. The van der Waals surface area contributed by atoms with Crippen molar-refractivity contribution in [3.05, 3.63) is 34.9 Å². The van der Waals surface area contributed by atoms with Crippen molar-refractivity contribution in [3.63, 3.8) is 0 Å². The van der Waals surface area contributed by atoms with Crippen LogP contribution in [0.25, 0.3) is 0 Å². The van der Waals surface area contributed by atoms with Crippen molar-refractivity contribution in [2.75, 3.05) is 6.54 Å². The largest absolute Gasteiger partial charge is 0.354 e. The number of carbonyl (C=O) groups excluding carboxylic acids is 2. The van der Waals surface area contributed by atoms with E-state index in [0.29, 0.717) is 24.5 Å². The molecule has 0 saturated carbocycles. The number of unbranched alkanes of at least 4 members (excludes halogenated alkanes) is 1. The number of benzene rings is 1. The Kier molecular flexibility index (Phi) is 7.96. The molecule has 0 aliphatic heterocycles. The molecule has 1 N–H and O–H groups in total. The molecule has 4 nitrogen and oxygen atoms in total. The minimum Gasteiger partial charge on any atom is -0.354 e. The zero-order valence-electron chi connectivity index (χ0n) is 13.6. The molecule has 0 unspecified atom stereocenters. The lowest BCUT2D eigenvalue weighted by molar-refractivity contribution is -0.140. The Morgan fingerprint density at radius 1 is 1.23 bits per heavy atom. The van der Waals surface area contributed by atoms with E-state index in [1.807, 2.05) is 12.1 Å². The van der Waals surface area contributed by atoms with Gasteiger partial charge in [-0.2, -0.15) is 0 Å². The lowest BCUT2D eigenvalue weighted by atomic mass is 10.1. The first-order chi connectivity index (χ1) is 10.5. The van der Waals surface area contributed by atoms with Crippen molar-refractivity contribution >= 4 is 23.4 Å². The van der Waals surface area contributed by atoms with E-state index in [9.17, 15) is 9.59 Å². The molecule has 122 valence electrons. The second kappa shape index (κ2) is 9.46. The number of rotatable bonds is 8. The summed E-state index contributed by atoms with van der Waals surface area (Å²) in [5, 5.41) is 3.54. The highest BCUT2D eigenvalue weighted by molar-refractivity contribution is 6.30. The summed E-state index contributed by atoms with van der Waals surface area (Å²) in [7, 11) is 0. The van der Waals surface area contributed by atoms with Gasteiger partial charge in [-0.1, -0.05) is 44.0 Å². The van der Waals surface area contributed by atoms with Gasteiger partial charge in [-0.3, -0.25) is 9.59 Å². The van der Waals surface area contributed by atoms with E-state index in [-0.39, 0.29) is 11.8 Å². The van der Waals surface area contributed by atoms with Gasteiger partial charge < -0.3 is 10.2 Å². The fraction of sp³-hybridized carbons (Fsp3) is 0.529. The van der Waals surface area contributed by atoms with Gasteiger partial charge in [0, 0.05) is 24.5 Å². The summed E-state index contributed by atoms with van der Waals surface area (Å²) in [6.45, 7) is 6.70. The molecule has 0 aromatic heterocycles. The van der Waals surface area contributed by atoms with Crippen LogP contribution in [-0.4, -0.2) is 29.3 Å². The summed E-state index contributed by atoms with van der Waals surface area (Å²) in [6, 6.07) is 6.84. The Morgan fingerprint density at radius 3 is 2.41 bits per heavy atom. The quantitative estimate of drug-likeness (QED) is 0.745. The Balaban J connectivity index is 2.76. The van der Waals surface area contributed by atoms with Crippen molar-refractivity contribution in [1.29, 1.82) is 0 Å². The molecule has 0 radical (unpaired) electrons. The average molecular weight is 325 g/mol. The number of hydrogen-bond acceptors (Lipinski definition) is 2. The van der Waals surface area contributed by atoms with Crippen LogP contribution >= 0.6 is 11.6 Å². The van der Waals surface area contributed by atoms with E-state index in [1.54, 1.807) is 30.9 Å². The maximum atomic E-state index is 12.2. The van der Waals surface area contributed by atoms with E-state index < -0.39 is 6.04 Å². The molecule has 22 heavy (non-hydrogen) atoms. The molecule has 0 bridgehead atoms. The number of halogens is 1. The third-order valence-electron chi connectivity index (χ3n) is 3.57. The molecular formula is C17H25ClN2O2. The van der Waals surface area contributed by atoms with Crippen LogP contribution in [0, 0.1) is 0 Å². The average Bonchev–Trinajstić information content (AvgIpc) is 2.53. The molecule has 0 aliphatic rings. The van der Waals surface area contributed by atoms with Gasteiger partial charge in [-0.25, -0.2) is 0 Å². The third-order valence-corrected chi connectivity index (χ3v) is 3.82. The van der Waals surface area contributed by atoms with E-state index in [1.165, 1.54) is 0 Å². The van der Waals surface area contributed by atoms with Gasteiger partial charge in [-0.15, -0.1) is 0 Å². The first kappa shape index (κ1) is 18.5. The van der Waals surface area contributed by atoms with Gasteiger partial charge in [0.2, 0.25) is 11.8 Å². The molecular weight excluding hydrogens is 300 g/mol. The van der Waals surface area contributed by atoms with E-state index in [2.05, 4.69) is 12.2 Å². The van der Waals surface area contributed by atoms with Gasteiger partial charge >= 0.3 is 0 Å². The highest BCUT2D eigenvalue weighted by Crippen LogP contribution is 2.14. The second-order valence-electron chi connectivity index (χ2n) is 5.32. The zero-order chi connectivity index (χ0) is 16.5. The molecule has 5 heteroatoms. The van der Waals surface area contributed by atoms with Crippen molar-refractivity contribution in [3.8, 4) is 0 Å². The summed E-state index contributed by atoms with van der Waals surface area (Å²) in [6.07, 6.45) is 2.34. The van der Waals surface area contributed by atoms with Gasteiger partial charge in [0.05, 0.1) is 0 Å². The fourth-order valence-corrected chi connectivity index (χ4v) is 2.23. The maximum absolute atomic E-state index is 12.2. The molecule has 1 atom stereocenters. The van der Waals surface area contributed by atoms with Crippen LogP contribution in [-0.2, 0) is 16.1 Å². The number of nitrogens with zero attached hydrogens (tertiary/aromatic N) is 1. The standard InChI is InChI=1S/C17H25ClN2O2/c1-4-6-11-19-17(22)13(3)20(16(21)5-2)12-14-7-9-15(18)10-8-14/h7-10,13H,4-6,11-12H2,1-3H3,(H,19,22)/t13-/m1/s1. The lowest BCUT2D eigenvalue weighted by Gasteiger charge is -2.28. The van der Waals surface area contributed by atoms with Crippen molar-refractivity contribution in [2.45, 2.75) is 52.6 Å². The van der Waals surface area contributed by atoms with E-state index >= 15 is 0 Å². The number of hydrogen-bond donors (Lipinski definition) is 1. The van der Waals surface area contributed by atoms with Crippen LogP contribution in [0.4, 0.5) is 0 Å². The van der Waals surface area contributed by atoms with Crippen LogP contribution in [0.5, 0.6) is 0 Å². The summed E-state index contributed by atoms with van der Waals surface area (Å²) in [5.41, 5.74) is 0.958. The first-order valence-electron chi connectivity index (χ1n) is 7.81. The van der Waals surface area contributed by atoms with Crippen molar-refractivity contribution in [1.82, 2.24) is 10.2 Å². The number of carbonyl (C=O) groups is 2. The molecule has 1 rings (SSSR count). The zero-order valence-corrected chi connectivity index (χ0v) is 14.3. The van der Waals surface area contributed by atoms with Crippen molar-refractivity contribution < 1.29 is 9.59 Å². The molecule has 0 heterocycles. The van der Waals surface area contributed by atoms with Crippen LogP contribution in [0.3, 0.4) is 0 Å². The minimum atomic E-state index is -0.486. The molecule has 2 amide bonds. The Bertz CT molecular complexity index is 488. The van der Waals surface area contributed by atoms with Gasteiger partial charge in [0.25, 0.3) is 0 Å². The number of amides is 2.